The molecule has 0 N–H and O–H groups in total. The zero-order chi connectivity index (χ0) is 22.1. The Morgan fingerprint density at radius 3 is 2.68 bits per heavy atom. The number of nitriles is 1. The van der Waals surface area contributed by atoms with Crippen molar-refractivity contribution < 1.29 is 14.3 Å². The van der Waals surface area contributed by atoms with Gasteiger partial charge in [0.1, 0.15) is 13.2 Å². The molecule has 0 saturated carbocycles. The zero-order valence-corrected chi connectivity index (χ0v) is 18.1. The number of aromatic nitrogens is 3. The normalized spacial score (nSPS) is 13.8. The molecule has 3 aromatic rings. The van der Waals surface area contributed by atoms with Crippen molar-refractivity contribution in [3.8, 4) is 28.8 Å². The Kier molecular flexibility index (Phi) is 5.51. The van der Waals surface area contributed by atoms with E-state index in [0.717, 1.165) is 5.56 Å². The van der Waals surface area contributed by atoms with Crippen LogP contribution in [0.1, 0.15) is 43.6 Å². The number of benzene rings is 1. The predicted octanol–water partition coefficient (Wildman–Crippen LogP) is 3.82. The third-order valence-electron chi connectivity index (χ3n) is 5.49. The standard InChI is InChI=1S/C23H25N5O3/c1-14(2)28-22-18(13-25-28)17(23(29)27(4)15(3)7-8-24)12-19(26-22)16-5-6-20-21(11-16)31-10-9-30-20/h5-6,11-15H,7,9-10H2,1-4H3. The molecule has 1 aliphatic heterocycles. The number of pyridine rings is 1. The number of nitrogens with zero attached hydrogens (tertiary/aromatic N) is 5. The molecule has 0 radical (unpaired) electrons. The lowest BCUT2D eigenvalue weighted by atomic mass is 10.0. The molecular formula is C23H25N5O3. The quantitative estimate of drug-likeness (QED) is 0.624. The van der Waals surface area contributed by atoms with Crippen molar-refractivity contribution >= 4 is 16.9 Å². The summed E-state index contributed by atoms with van der Waals surface area (Å²) in [5.41, 5.74) is 2.63. The van der Waals surface area contributed by atoms with E-state index in [1.807, 2.05) is 43.7 Å². The Morgan fingerprint density at radius 2 is 1.97 bits per heavy atom. The second-order valence-electron chi connectivity index (χ2n) is 7.96. The largest absolute Gasteiger partial charge is 0.486 e. The molecular weight excluding hydrogens is 394 g/mol. The van der Waals surface area contributed by atoms with Crippen LogP contribution in [0.25, 0.3) is 22.3 Å². The molecule has 1 amide bonds. The molecule has 0 aliphatic carbocycles. The summed E-state index contributed by atoms with van der Waals surface area (Å²) in [5.74, 6) is 1.19. The van der Waals surface area contributed by atoms with Crippen LogP contribution in [0.15, 0.2) is 30.5 Å². The highest BCUT2D eigenvalue weighted by molar-refractivity contribution is 6.06. The number of rotatable bonds is 5. The topological polar surface area (TPSA) is 93.3 Å². The summed E-state index contributed by atoms with van der Waals surface area (Å²) in [6.45, 7) is 6.92. The van der Waals surface area contributed by atoms with Gasteiger partial charge in [-0.15, -0.1) is 0 Å². The van der Waals surface area contributed by atoms with Gasteiger partial charge in [-0.2, -0.15) is 10.4 Å². The summed E-state index contributed by atoms with van der Waals surface area (Å²) in [6.07, 6.45) is 1.95. The van der Waals surface area contributed by atoms with Crippen LogP contribution in [-0.2, 0) is 0 Å². The van der Waals surface area contributed by atoms with E-state index in [1.54, 1.807) is 24.2 Å². The number of ether oxygens (including phenoxy) is 2. The summed E-state index contributed by atoms with van der Waals surface area (Å²) in [7, 11) is 1.72. The minimum Gasteiger partial charge on any atom is -0.486 e. The minimum atomic E-state index is -0.210. The first-order valence-electron chi connectivity index (χ1n) is 10.3. The van der Waals surface area contributed by atoms with Gasteiger partial charge in [-0.05, 0) is 45.0 Å². The lowest BCUT2D eigenvalue weighted by Gasteiger charge is -2.23. The molecule has 2 aromatic heterocycles. The van der Waals surface area contributed by atoms with Crippen molar-refractivity contribution in [2.24, 2.45) is 0 Å². The van der Waals surface area contributed by atoms with Crippen LogP contribution in [-0.4, -0.2) is 51.9 Å². The molecule has 1 aromatic carbocycles. The van der Waals surface area contributed by atoms with Crippen molar-refractivity contribution in [3.05, 3.63) is 36.0 Å². The van der Waals surface area contributed by atoms with E-state index in [1.165, 1.54) is 0 Å². The molecule has 8 nitrogen and oxygen atoms in total. The molecule has 4 rings (SSSR count). The van der Waals surface area contributed by atoms with Crippen LogP contribution in [0.5, 0.6) is 11.5 Å². The van der Waals surface area contributed by atoms with Crippen LogP contribution < -0.4 is 9.47 Å². The van der Waals surface area contributed by atoms with Crippen molar-refractivity contribution in [1.82, 2.24) is 19.7 Å². The highest BCUT2D eigenvalue weighted by atomic mass is 16.6. The zero-order valence-electron chi connectivity index (χ0n) is 18.1. The van der Waals surface area contributed by atoms with Gasteiger partial charge in [-0.1, -0.05) is 0 Å². The predicted molar refractivity (Wildman–Crippen MR) is 116 cm³/mol. The third kappa shape index (κ3) is 3.79. The summed E-state index contributed by atoms with van der Waals surface area (Å²) >= 11 is 0. The molecule has 31 heavy (non-hydrogen) atoms. The fourth-order valence-electron chi connectivity index (χ4n) is 3.58. The highest BCUT2D eigenvalue weighted by Gasteiger charge is 2.24. The number of amides is 1. The maximum atomic E-state index is 13.4. The number of carbonyl (C=O) groups is 1. The van der Waals surface area contributed by atoms with E-state index in [-0.39, 0.29) is 24.4 Å². The van der Waals surface area contributed by atoms with Crippen molar-refractivity contribution in [2.75, 3.05) is 20.3 Å². The monoisotopic (exact) mass is 419 g/mol. The maximum absolute atomic E-state index is 13.4. The van der Waals surface area contributed by atoms with Gasteiger partial charge < -0.3 is 14.4 Å². The molecule has 8 heteroatoms. The lowest BCUT2D eigenvalue weighted by Crippen LogP contribution is -2.35. The lowest BCUT2D eigenvalue weighted by molar-refractivity contribution is 0.0748. The van der Waals surface area contributed by atoms with Gasteiger partial charge in [0.2, 0.25) is 0 Å². The van der Waals surface area contributed by atoms with Gasteiger partial charge in [0, 0.05) is 24.7 Å². The van der Waals surface area contributed by atoms with E-state index >= 15 is 0 Å². The number of hydrogen-bond acceptors (Lipinski definition) is 6. The number of carbonyl (C=O) groups excluding carboxylic acids is 1. The number of fused-ring (bicyclic) bond motifs is 2. The third-order valence-corrected chi connectivity index (χ3v) is 5.49. The van der Waals surface area contributed by atoms with E-state index in [4.69, 9.17) is 19.7 Å². The first-order valence-corrected chi connectivity index (χ1v) is 10.3. The minimum absolute atomic E-state index is 0.0821. The average molecular weight is 419 g/mol. The van der Waals surface area contributed by atoms with E-state index in [9.17, 15) is 4.79 Å². The van der Waals surface area contributed by atoms with Gasteiger partial charge in [0.05, 0.1) is 35.3 Å². The SMILES string of the molecule is CC(CC#N)N(C)C(=O)c1cc(-c2ccc3c(c2)OCCO3)nc2c1cnn2C(C)C. The van der Waals surface area contributed by atoms with Gasteiger partial charge in [0.25, 0.3) is 5.91 Å². The van der Waals surface area contributed by atoms with Crippen LogP contribution in [0.3, 0.4) is 0 Å². The van der Waals surface area contributed by atoms with Crippen molar-refractivity contribution in [3.63, 3.8) is 0 Å². The molecule has 1 unspecified atom stereocenters. The van der Waals surface area contributed by atoms with Crippen LogP contribution >= 0.6 is 0 Å². The van der Waals surface area contributed by atoms with Gasteiger partial charge >= 0.3 is 0 Å². The van der Waals surface area contributed by atoms with Gasteiger partial charge in [-0.25, -0.2) is 9.67 Å². The maximum Gasteiger partial charge on any atom is 0.254 e. The van der Waals surface area contributed by atoms with Crippen LogP contribution in [0.4, 0.5) is 0 Å². The summed E-state index contributed by atoms with van der Waals surface area (Å²) < 4.78 is 13.1. The van der Waals surface area contributed by atoms with Crippen LogP contribution in [0.2, 0.25) is 0 Å². The van der Waals surface area contributed by atoms with E-state index in [2.05, 4.69) is 11.2 Å². The number of hydrogen-bond donors (Lipinski definition) is 0. The van der Waals surface area contributed by atoms with Crippen LogP contribution in [0, 0.1) is 11.3 Å². The van der Waals surface area contributed by atoms with E-state index in [0.29, 0.717) is 47.0 Å². The second kappa shape index (κ2) is 8.26. The van der Waals surface area contributed by atoms with E-state index < -0.39 is 0 Å². The summed E-state index contributed by atoms with van der Waals surface area (Å²) in [6, 6.07) is 9.44. The van der Waals surface area contributed by atoms with Gasteiger partial charge in [0.15, 0.2) is 17.1 Å². The Labute approximate surface area is 181 Å². The Morgan fingerprint density at radius 1 is 1.23 bits per heavy atom. The molecule has 160 valence electrons. The van der Waals surface area contributed by atoms with Crippen molar-refractivity contribution in [1.29, 1.82) is 5.26 Å². The summed E-state index contributed by atoms with van der Waals surface area (Å²) in [5, 5.41) is 14.2. The fraction of sp³-hybridized carbons (Fsp3) is 0.391. The molecule has 1 atom stereocenters. The first kappa shape index (κ1) is 20.7. The second-order valence-corrected chi connectivity index (χ2v) is 7.96. The molecule has 0 fully saturated rings. The highest BCUT2D eigenvalue weighted by Crippen LogP contribution is 2.35. The van der Waals surface area contributed by atoms with Gasteiger partial charge in [-0.3, -0.25) is 4.79 Å². The molecule has 3 heterocycles. The summed E-state index contributed by atoms with van der Waals surface area (Å²) in [4.78, 5) is 19.8. The Bertz CT molecular complexity index is 1180. The Hall–Kier alpha value is -3.60. The van der Waals surface area contributed by atoms with Crippen molar-refractivity contribution in [2.45, 2.75) is 39.3 Å². The first-order chi connectivity index (χ1) is 14.9. The smallest absolute Gasteiger partial charge is 0.254 e. The Balaban J connectivity index is 1.86. The molecule has 1 aliphatic rings. The molecule has 0 bridgehead atoms. The average Bonchev–Trinajstić information content (AvgIpc) is 3.21. The fourth-order valence-corrected chi connectivity index (χ4v) is 3.58. The molecule has 0 spiro atoms. The molecule has 0 saturated heterocycles.